The molecule has 1 aliphatic heterocycles. The average Bonchev–Trinajstić information content (AvgIpc) is 2.83. The molecular formula is C20H34N10O7S2. The number of amides is 7. The molecule has 39 heavy (non-hydrogen) atoms. The lowest BCUT2D eigenvalue weighted by Gasteiger charge is -2.22. The topological polar surface area (TPSA) is 296 Å². The number of aliphatic imine (C=N–C) groups is 1. The maximum absolute atomic E-state index is 12.9. The standard InChI is InChI=1S/C20H34N10O7S2/c1-9(31)27-13-8-39-38-7-12(16(22)34)30-18(36)10(3-2-4-25-20(23)24)28-15(33)6-26-17(35)11(5-14(21)32)29-19(13)37/h10-13H,2-8H2,1H3,(H2,21,32)(H2,22,34)(H,26,35)(H,27,31)(H,28,33)(H,29,37)(H,30,36)(H4,23,24,25)/t10-,11-,12-,13-/m0/s1. The molecule has 1 rings (SSSR count). The van der Waals surface area contributed by atoms with Crippen molar-refractivity contribution in [1.82, 2.24) is 26.6 Å². The van der Waals surface area contributed by atoms with Gasteiger partial charge in [0.15, 0.2) is 5.96 Å². The first-order valence-corrected chi connectivity index (χ1v) is 14.1. The number of nitrogens with two attached hydrogens (primary N) is 4. The van der Waals surface area contributed by atoms with Gasteiger partial charge in [0, 0.05) is 25.0 Å². The van der Waals surface area contributed by atoms with E-state index in [2.05, 4.69) is 31.6 Å². The van der Waals surface area contributed by atoms with Crippen molar-refractivity contribution in [3.8, 4) is 0 Å². The molecule has 0 aromatic carbocycles. The number of nitrogens with one attached hydrogen (secondary N) is 5. The summed E-state index contributed by atoms with van der Waals surface area (Å²) in [7, 11) is 2.17. The van der Waals surface area contributed by atoms with Crippen LogP contribution in [0.5, 0.6) is 0 Å². The van der Waals surface area contributed by atoms with Gasteiger partial charge in [-0.25, -0.2) is 0 Å². The SMILES string of the molecule is CC(=O)N[C@H]1CSSC[C@@H](C(N)=O)NC(=O)[C@H](CCCN=C(N)N)NC(=O)CNC(=O)[C@H](CC(N)=O)NC1=O. The van der Waals surface area contributed by atoms with E-state index in [1.54, 1.807) is 0 Å². The van der Waals surface area contributed by atoms with Gasteiger partial charge < -0.3 is 49.5 Å². The third kappa shape index (κ3) is 13.6. The Balaban J connectivity index is 3.20. The zero-order chi connectivity index (χ0) is 29.5. The molecule has 1 saturated heterocycles. The van der Waals surface area contributed by atoms with Gasteiger partial charge in [-0.15, -0.1) is 0 Å². The molecule has 218 valence electrons. The van der Waals surface area contributed by atoms with Crippen LogP contribution >= 0.6 is 21.6 Å². The highest BCUT2D eigenvalue weighted by Gasteiger charge is 2.30. The number of primary amides is 2. The highest BCUT2D eigenvalue weighted by molar-refractivity contribution is 8.76. The summed E-state index contributed by atoms with van der Waals surface area (Å²) < 4.78 is 0. The lowest BCUT2D eigenvalue weighted by atomic mass is 10.1. The van der Waals surface area contributed by atoms with Crippen molar-refractivity contribution in [3.05, 3.63) is 0 Å². The fourth-order valence-corrected chi connectivity index (χ4v) is 5.46. The highest BCUT2D eigenvalue weighted by Crippen LogP contribution is 2.23. The fraction of sp³-hybridized carbons (Fsp3) is 0.600. The van der Waals surface area contributed by atoms with Crippen LogP contribution in [0, 0.1) is 0 Å². The van der Waals surface area contributed by atoms with Gasteiger partial charge in [-0.2, -0.15) is 0 Å². The quantitative estimate of drug-likeness (QED) is 0.0557. The molecule has 13 N–H and O–H groups in total. The molecule has 0 aromatic heterocycles. The molecular weight excluding hydrogens is 556 g/mol. The normalized spacial score (nSPS) is 23.6. The zero-order valence-corrected chi connectivity index (χ0v) is 22.8. The molecule has 7 amide bonds. The zero-order valence-electron chi connectivity index (χ0n) is 21.2. The van der Waals surface area contributed by atoms with E-state index < -0.39 is 78.5 Å². The van der Waals surface area contributed by atoms with E-state index in [1.807, 2.05) is 0 Å². The smallest absolute Gasteiger partial charge is 0.244 e. The molecule has 0 unspecified atom stereocenters. The summed E-state index contributed by atoms with van der Waals surface area (Å²) in [6, 6.07) is -4.83. The Labute approximate surface area is 231 Å². The van der Waals surface area contributed by atoms with Crippen LogP contribution in [0.3, 0.4) is 0 Å². The predicted molar refractivity (Wildman–Crippen MR) is 144 cm³/mol. The number of hydrogen-bond acceptors (Lipinski definition) is 10. The van der Waals surface area contributed by atoms with Crippen LogP contribution in [0.25, 0.3) is 0 Å². The number of rotatable bonds is 8. The molecule has 17 nitrogen and oxygen atoms in total. The van der Waals surface area contributed by atoms with E-state index in [-0.39, 0.29) is 36.9 Å². The second-order valence-electron chi connectivity index (χ2n) is 8.30. The van der Waals surface area contributed by atoms with Gasteiger partial charge in [0.05, 0.1) is 13.0 Å². The van der Waals surface area contributed by atoms with Crippen LogP contribution < -0.4 is 49.5 Å². The van der Waals surface area contributed by atoms with Gasteiger partial charge in [-0.3, -0.25) is 38.6 Å². The molecule has 1 heterocycles. The first-order chi connectivity index (χ1) is 18.3. The second kappa shape index (κ2) is 17.0. The fourth-order valence-electron chi connectivity index (χ4n) is 3.12. The first-order valence-electron chi connectivity index (χ1n) is 11.6. The van der Waals surface area contributed by atoms with Gasteiger partial charge >= 0.3 is 0 Å². The van der Waals surface area contributed by atoms with Gasteiger partial charge in [-0.05, 0) is 12.8 Å². The van der Waals surface area contributed by atoms with E-state index in [1.165, 1.54) is 6.92 Å². The maximum atomic E-state index is 12.9. The molecule has 0 aromatic rings. The summed E-state index contributed by atoms with van der Waals surface area (Å²) >= 11 is 0. The van der Waals surface area contributed by atoms with Crippen LogP contribution in [0.15, 0.2) is 4.99 Å². The minimum absolute atomic E-state index is 0.000834. The summed E-state index contributed by atoms with van der Waals surface area (Å²) in [5.74, 6) is -5.60. The summed E-state index contributed by atoms with van der Waals surface area (Å²) in [5.41, 5.74) is 21.2. The number of nitrogens with zero attached hydrogens (tertiary/aromatic N) is 1. The lowest BCUT2D eigenvalue weighted by molar-refractivity contribution is -0.134. The second-order valence-corrected chi connectivity index (χ2v) is 10.9. The van der Waals surface area contributed by atoms with E-state index in [9.17, 15) is 33.6 Å². The molecule has 0 saturated carbocycles. The van der Waals surface area contributed by atoms with E-state index in [0.29, 0.717) is 0 Å². The Morgan fingerprint density at radius 2 is 1.59 bits per heavy atom. The Hall–Kier alpha value is -3.74. The first kappa shape index (κ1) is 33.3. The Morgan fingerprint density at radius 1 is 0.923 bits per heavy atom. The number of hydrogen-bond donors (Lipinski definition) is 9. The van der Waals surface area contributed by atoms with Crippen molar-refractivity contribution in [2.75, 3.05) is 24.6 Å². The largest absolute Gasteiger partial charge is 0.370 e. The van der Waals surface area contributed by atoms with Crippen LogP contribution in [0.2, 0.25) is 0 Å². The van der Waals surface area contributed by atoms with Gasteiger partial charge in [0.2, 0.25) is 41.4 Å². The minimum atomic E-state index is -1.44. The number of carbonyl (C=O) groups excluding carboxylic acids is 7. The van der Waals surface area contributed by atoms with Crippen LogP contribution in [0.1, 0.15) is 26.2 Å². The van der Waals surface area contributed by atoms with Gasteiger partial charge in [0.25, 0.3) is 0 Å². The predicted octanol–water partition coefficient (Wildman–Crippen LogP) is -5.13. The van der Waals surface area contributed by atoms with E-state index in [0.717, 1.165) is 21.6 Å². The molecule has 4 atom stereocenters. The Kier molecular flexibility index (Phi) is 14.5. The molecule has 1 fully saturated rings. The van der Waals surface area contributed by atoms with Crippen LogP contribution in [-0.2, 0) is 33.6 Å². The summed E-state index contributed by atoms with van der Waals surface area (Å²) in [4.78, 5) is 89.9. The van der Waals surface area contributed by atoms with Gasteiger partial charge in [-0.1, -0.05) is 21.6 Å². The average molecular weight is 591 g/mol. The molecule has 0 aliphatic carbocycles. The van der Waals surface area contributed by atoms with Crippen molar-refractivity contribution in [2.24, 2.45) is 27.9 Å². The van der Waals surface area contributed by atoms with Gasteiger partial charge in [0.1, 0.15) is 24.2 Å². The highest BCUT2D eigenvalue weighted by atomic mass is 33.1. The maximum Gasteiger partial charge on any atom is 0.244 e. The summed E-state index contributed by atoms with van der Waals surface area (Å²) in [6.07, 6.45) is -0.218. The lowest BCUT2D eigenvalue weighted by Crippen LogP contribution is -2.56. The van der Waals surface area contributed by atoms with Crippen molar-refractivity contribution < 1.29 is 33.6 Å². The molecule has 1 aliphatic rings. The number of guanidine groups is 1. The van der Waals surface area contributed by atoms with Crippen molar-refractivity contribution >= 4 is 68.9 Å². The van der Waals surface area contributed by atoms with E-state index >= 15 is 0 Å². The Bertz CT molecular complexity index is 977. The monoisotopic (exact) mass is 590 g/mol. The van der Waals surface area contributed by atoms with Crippen LogP contribution in [0.4, 0.5) is 0 Å². The molecule has 0 spiro atoms. The van der Waals surface area contributed by atoms with E-state index in [4.69, 9.17) is 22.9 Å². The minimum Gasteiger partial charge on any atom is -0.370 e. The third-order valence-electron chi connectivity index (χ3n) is 4.97. The van der Waals surface area contributed by atoms with Crippen LogP contribution in [-0.4, -0.2) is 96.1 Å². The molecule has 0 bridgehead atoms. The van der Waals surface area contributed by atoms with Crippen molar-refractivity contribution in [1.29, 1.82) is 0 Å². The van der Waals surface area contributed by atoms with Crippen molar-refractivity contribution in [3.63, 3.8) is 0 Å². The molecule has 19 heteroatoms. The molecule has 0 radical (unpaired) electrons. The van der Waals surface area contributed by atoms with Crippen molar-refractivity contribution in [2.45, 2.75) is 50.4 Å². The number of carbonyl (C=O) groups is 7. The summed E-state index contributed by atoms with van der Waals surface area (Å²) in [6.45, 7) is 0.725. The summed E-state index contributed by atoms with van der Waals surface area (Å²) in [5, 5.41) is 12.0. The Morgan fingerprint density at radius 3 is 2.18 bits per heavy atom. The third-order valence-corrected chi connectivity index (χ3v) is 7.39.